The monoisotopic (exact) mass is 258 g/mol. The Hall–Kier alpha value is -0.840. The topological polar surface area (TPSA) is 38.5 Å². The first kappa shape index (κ1) is 12.6. The molecule has 0 aliphatic carbocycles. The summed E-state index contributed by atoms with van der Waals surface area (Å²) in [7, 11) is 0. The lowest BCUT2D eigenvalue weighted by atomic mass is 10.3. The van der Waals surface area contributed by atoms with Crippen LogP contribution in [0.2, 0.25) is 5.02 Å². The molecule has 0 unspecified atom stereocenters. The molecule has 1 aliphatic heterocycles. The van der Waals surface area contributed by atoms with E-state index in [0.717, 1.165) is 26.1 Å². The van der Waals surface area contributed by atoms with E-state index in [9.17, 15) is 4.39 Å². The van der Waals surface area contributed by atoms with E-state index in [-0.39, 0.29) is 11.9 Å². The van der Waals surface area contributed by atoms with Crippen LogP contribution in [0, 0.1) is 5.82 Å². The Morgan fingerprint density at radius 1 is 1.53 bits per heavy atom. The Kier molecular flexibility index (Phi) is 4.20. The second-order valence-electron chi connectivity index (χ2n) is 4.27. The van der Waals surface area contributed by atoms with Gasteiger partial charge in [-0.2, -0.15) is 0 Å². The van der Waals surface area contributed by atoms with E-state index in [1.54, 1.807) is 6.07 Å². The van der Waals surface area contributed by atoms with E-state index < -0.39 is 0 Å². The van der Waals surface area contributed by atoms with Crippen molar-refractivity contribution in [2.75, 3.05) is 26.2 Å². The fourth-order valence-corrected chi connectivity index (χ4v) is 2.16. The molecule has 94 valence electrons. The number of nitrogens with zero attached hydrogens (tertiary/aromatic N) is 1. The molecule has 17 heavy (non-hydrogen) atoms. The molecule has 0 saturated carbocycles. The number of nitrogens with two attached hydrogens (primary N) is 1. The molecule has 0 amide bonds. The summed E-state index contributed by atoms with van der Waals surface area (Å²) < 4.78 is 18.3. The third kappa shape index (κ3) is 3.56. The zero-order chi connectivity index (χ0) is 12.3. The highest BCUT2D eigenvalue weighted by Crippen LogP contribution is 2.24. The molecule has 1 aliphatic rings. The Labute approximate surface area is 105 Å². The van der Waals surface area contributed by atoms with Gasteiger partial charge < -0.3 is 10.5 Å². The maximum Gasteiger partial charge on any atom is 0.138 e. The van der Waals surface area contributed by atoms with Crippen LogP contribution < -0.4 is 10.5 Å². The van der Waals surface area contributed by atoms with E-state index in [1.165, 1.54) is 12.1 Å². The third-order valence-corrected chi connectivity index (χ3v) is 3.16. The number of halogens is 2. The minimum absolute atomic E-state index is 0.282. The second kappa shape index (κ2) is 5.67. The number of rotatable bonds is 4. The lowest BCUT2D eigenvalue weighted by Gasteiger charge is -2.15. The van der Waals surface area contributed by atoms with Crippen LogP contribution in [0.4, 0.5) is 4.39 Å². The molecule has 5 heteroatoms. The minimum Gasteiger partial charge on any atom is -0.491 e. The van der Waals surface area contributed by atoms with Crippen molar-refractivity contribution in [2.45, 2.75) is 12.5 Å². The molecule has 1 atom stereocenters. The van der Waals surface area contributed by atoms with Crippen molar-refractivity contribution in [3.05, 3.63) is 29.0 Å². The molecule has 1 saturated heterocycles. The molecular formula is C12H16ClFN2O. The van der Waals surface area contributed by atoms with Gasteiger partial charge >= 0.3 is 0 Å². The summed E-state index contributed by atoms with van der Waals surface area (Å²) in [5.41, 5.74) is 5.80. The van der Waals surface area contributed by atoms with Crippen molar-refractivity contribution in [2.24, 2.45) is 5.73 Å². The predicted molar refractivity (Wildman–Crippen MR) is 65.9 cm³/mol. The second-order valence-corrected chi connectivity index (χ2v) is 4.68. The molecule has 1 aromatic rings. The van der Waals surface area contributed by atoms with Gasteiger partial charge in [-0.15, -0.1) is 0 Å². The first-order valence-electron chi connectivity index (χ1n) is 5.71. The Morgan fingerprint density at radius 3 is 3.00 bits per heavy atom. The molecule has 1 heterocycles. The van der Waals surface area contributed by atoms with Gasteiger partial charge in [0.05, 0.1) is 5.02 Å². The molecule has 2 N–H and O–H groups in total. The number of hydrogen-bond donors (Lipinski definition) is 1. The zero-order valence-electron chi connectivity index (χ0n) is 9.53. The highest BCUT2D eigenvalue weighted by molar-refractivity contribution is 6.32. The SMILES string of the molecule is N[C@H]1CCN(CCOc2ccc(F)cc2Cl)C1. The standard InChI is InChI=1S/C12H16ClFN2O/c13-11-7-9(14)1-2-12(11)17-6-5-16-4-3-10(15)8-16/h1-2,7,10H,3-6,8,15H2/t10-/m0/s1. The normalized spacial score (nSPS) is 20.8. The third-order valence-electron chi connectivity index (χ3n) is 2.87. The van der Waals surface area contributed by atoms with Crippen LogP contribution in [0.1, 0.15) is 6.42 Å². The van der Waals surface area contributed by atoms with Gasteiger partial charge in [-0.05, 0) is 31.2 Å². The average Bonchev–Trinajstić information content (AvgIpc) is 2.68. The van der Waals surface area contributed by atoms with Crippen molar-refractivity contribution in [1.82, 2.24) is 4.90 Å². The van der Waals surface area contributed by atoms with Gasteiger partial charge in [-0.1, -0.05) is 11.6 Å². The molecule has 0 radical (unpaired) electrons. The summed E-state index contributed by atoms with van der Waals surface area (Å²) in [4.78, 5) is 2.25. The van der Waals surface area contributed by atoms with Gasteiger partial charge in [0.15, 0.2) is 0 Å². The quantitative estimate of drug-likeness (QED) is 0.896. The van der Waals surface area contributed by atoms with Gasteiger partial charge in [-0.3, -0.25) is 4.90 Å². The van der Waals surface area contributed by atoms with E-state index in [4.69, 9.17) is 22.1 Å². The van der Waals surface area contributed by atoms with Gasteiger partial charge in [0.1, 0.15) is 18.2 Å². The van der Waals surface area contributed by atoms with E-state index in [2.05, 4.69) is 4.90 Å². The van der Waals surface area contributed by atoms with E-state index >= 15 is 0 Å². The van der Waals surface area contributed by atoms with Crippen LogP contribution in [0.25, 0.3) is 0 Å². The first-order chi connectivity index (χ1) is 8.15. The maximum atomic E-state index is 12.8. The summed E-state index contributed by atoms with van der Waals surface area (Å²) in [6, 6.07) is 4.42. The highest BCUT2D eigenvalue weighted by atomic mass is 35.5. The van der Waals surface area contributed by atoms with Crippen molar-refractivity contribution in [3.8, 4) is 5.75 Å². The number of hydrogen-bond acceptors (Lipinski definition) is 3. The van der Waals surface area contributed by atoms with Crippen LogP contribution in [0.5, 0.6) is 5.75 Å². The van der Waals surface area contributed by atoms with Crippen LogP contribution >= 0.6 is 11.6 Å². The number of benzene rings is 1. The van der Waals surface area contributed by atoms with Crippen molar-refractivity contribution in [3.63, 3.8) is 0 Å². The molecule has 0 bridgehead atoms. The van der Waals surface area contributed by atoms with Gasteiger partial charge in [0, 0.05) is 19.1 Å². The Balaban J connectivity index is 1.78. The average molecular weight is 259 g/mol. The van der Waals surface area contributed by atoms with Crippen LogP contribution in [0.3, 0.4) is 0 Å². The number of ether oxygens (including phenoxy) is 1. The zero-order valence-corrected chi connectivity index (χ0v) is 10.3. The van der Waals surface area contributed by atoms with Crippen molar-refractivity contribution >= 4 is 11.6 Å². The minimum atomic E-state index is -0.354. The molecule has 0 aromatic heterocycles. The lowest BCUT2D eigenvalue weighted by Crippen LogP contribution is -2.29. The number of likely N-dealkylation sites (tertiary alicyclic amines) is 1. The fraction of sp³-hybridized carbons (Fsp3) is 0.500. The Morgan fingerprint density at radius 2 is 2.35 bits per heavy atom. The van der Waals surface area contributed by atoms with E-state index in [1.807, 2.05) is 0 Å². The van der Waals surface area contributed by atoms with E-state index in [0.29, 0.717) is 17.4 Å². The largest absolute Gasteiger partial charge is 0.491 e. The van der Waals surface area contributed by atoms with Crippen LogP contribution in [-0.2, 0) is 0 Å². The summed E-state index contributed by atoms with van der Waals surface area (Å²) in [5, 5.41) is 0.308. The predicted octanol–water partition coefficient (Wildman–Crippen LogP) is 1.89. The summed E-state index contributed by atoms with van der Waals surface area (Å²) in [6.07, 6.45) is 1.04. The first-order valence-corrected chi connectivity index (χ1v) is 6.09. The molecule has 1 aromatic carbocycles. The molecule has 1 fully saturated rings. The summed E-state index contributed by atoms with van der Waals surface area (Å²) in [5.74, 6) is 0.171. The van der Waals surface area contributed by atoms with Crippen LogP contribution in [-0.4, -0.2) is 37.2 Å². The lowest BCUT2D eigenvalue weighted by molar-refractivity contribution is 0.236. The summed E-state index contributed by atoms with van der Waals surface area (Å²) >= 11 is 5.85. The van der Waals surface area contributed by atoms with Gasteiger partial charge in [-0.25, -0.2) is 4.39 Å². The highest BCUT2D eigenvalue weighted by Gasteiger charge is 2.18. The molecule has 3 nitrogen and oxygen atoms in total. The molecular weight excluding hydrogens is 243 g/mol. The molecule has 2 rings (SSSR count). The fourth-order valence-electron chi connectivity index (χ4n) is 1.94. The smallest absolute Gasteiger partial charge is 0.138 e. The maximum absolute atomic E-state index is 12.8. The van der Waals surface area contributed by atoms with Crippen LogP contribution in [0.15, 0.2) is 18.2 Å². The molecule has 0 spiro atoms. The van der Waals surface area contributed by atoms with Gasteiger partial charge in [0.25, 0.3) is 0 Å². The van der Waals surface area contributed by atoms with Crippen molar-refractivity contribution in [1.29, 1.82) is 0 Å². The van der Waals surface area contributed by atoms with Gasteiger partial charge in [0.2, 0.25) is 0 Å². The van der Waals surface area contributed by atoms with Crippen molar-refractivity contribution < 1.29 is 9.13 Å². The Bertz CT molecular complexity index is 389. The summed E-state index contributed by atoms with van der Waals surface area (Å²) in [6.45, 7) is 3.29.